The van der Waals surface area contributed by atoms with Crippen LogP contribution in [0.15, 0.2) is 23.3 Å². The average molecular weight is 519 g/mol. The third-order valence-corrected chi connectivity index (χ3v) is 8.45. The van der Waals surface area contributed by atoms with Crippen molar-refractivity contribution in [3.63, 3.8) is 0 Å². The lowest BCUT2D eigenvalue weighted by molar-refractivity contribution is -0.202. The predicted molar refractivity (Wildman–Crippen MR) is 132 cm³/mol. The van der Waals surface area contributed by atoms with Gasteiger partial charge in [-0.2, -0.15) is 0 Å². The minimum Gasteiger partial charge on any atom is -0.462 e. The van der Waals surface area contributed by atoms with Gasteiger partial charge in [-0.3, -0.25) is 24.0 Å². The predicted octanol–water partition coefficient (Wildman–Crippen LogP) is 3.63. The van der Waals surface area contributed by atoms with E-state index >= 15 is 0 Å². The molecule has 3 rings (SSSR count). The first-order valence-corrected chi connectivity index (χ1v) is 12.6. The van der Waals surface area contributed by atoms with Crippen molar-refractivity contribution in [3.05, 3.63) is 23.3 Å². The Hall–Kier alpha value is -2.97. The molecule has 3 aliphatic carbocycles. The van der Waals surface area contributed by atoms with E-state index in [1.54, 1.807) is 6.92 Å². The van der Waals surface area contributed by atoms with Crippen LogP contribution in [0.2, 0.25) is 0 Å². The van der Waals surface area contributed by atoms with E-state index in [0.29, 0.717) is 29.6 Å². The van der Waals surface area contributed by atoms with Gasteiger partial charge in [-0.25, -0.2) is 0 Å². The molecule has 3 aliphatic rings. The molecule has 0 spiro atoms. The Morgan fingerprint density at radius 2 is 1.41 bits per heavy atom. The molecular weight excluding hydrogens is 480 g/mol. The molecule has 9 heteroatoms. The fraction of sp³-hybridized carbons (Fsp3) is 0.679. The smallest absolute Gasteiger partial charge is 0.303 e. The van der Waals surface area contributed by atoms with E-state index in [1.807, 2.05) is 20.8 Å². The van der Waals surface area contributed by atoms with E-state index in [2.05, 4.69) is 6.58 Å². The number of esters is 4. The van der Waals surface area contributed by atoms with Gasteiger partial charge >= 0.3 is 23.9 Å². The Balaban J connectivity index is 2.39. The van der Waals surface area contributed by atoms with E-state index in [-0.39, 0.29) is 12.2 Å². The van der Waals surface area contributed by atoms with Crippen LogP contribution in [0.4, 0.5) is 0 Å². The summed E-state index contributed by atoms with van der Waals surface area (Å²) in [5.41, 5.74) is -0.236. The quantitative estimate of drug-likeness (QED) is 0.312. The number of carbonyl (C=O) groups excluding carboxylic acids is 5. The van der Waals surface area contributed by atoms with Gasteiger partial charge in [0.15, 0.2) is 11.9 Å². The summed E-state index contributed by atoms with van der Waals surface area (Å²) in [6, 6.07) is 0. The zero-order valence-electron chi connectivity index (χ0n) is 23.0. The zero-order chi connectivity index (χ0) is 28.0. The summed E-state index contributed by atoms with van der Waals surface area (Å²) < 4.78 is 23.4. The lowest BCUT2D eigenvalue weighted by Crippen LogP contribution is -2.64. The molecule has 2 saturated carbocycles. The fourth-order valence-electron chi connectivity index (χ4n) is 6.94. The summed E-state index contributed by atoms with van der Waals surface area (Å²) >= 11 is 0. The van der Waals surface area contributed by atoms with Gasteiger partial charge < -0.3 is 18.9 Å². The number of carbonyl (C=O) groups is 5. The highest BCUT2D eigenvalue weighted by Crippen LogP contribution is 2.60. The number of ether oxygens (including phenoxy) is 4. The van der Waals surface area contributed by atoms with Crippen molar-refractivity contribution in [3.8, 4) is 0 Å². The Labute approximate surface area is 217 Å². The molecule has 0 aromatic heterocycles. The first-order valence-electron chi connectivity index (χ1n) is 12.6. The molecule has 0 radical (unpaired) electrons. The summed E-state index contributed by atoms with van der Waals surface area (Å²) in [6.45, 7) is 16.8. The maximum atomic E-state index is 13.3. The maximum absolute atomic E-state index is 13.3. The Morgan fingerprint density at radius 1 is 0.865 bits per heavy atom. The average Bonchev–Trinajstić information content (AvgIpc) is 2.74. The van der Waals surface area contributed by atoms with Crippen molar-refractivity contribution >= 4 is 29.7 Å². The van der Waals surface area contributed by atoms with Gasteiger partial charge in [0, 0.05) is 51.4 Å². The van der Waals surface area contributed by atoms with Crippen molar-refractivity contribution in [2.75, 3.05) is 0 Å². The van der Waals surface area contributed by atoms with Crippen molar-refractivity contribution in [2.45, 2.75) is 99.1 Å². The summed E-state index contributed by atoms with van der Waals surface area (Å²) in [7, 11) is 0. The van der Waals surface area contributed by atoms with E-state index in [0.717, 1.165) is 0 Å². The van der Waals surface area contributed by atoms with Gasteiger partial charge in [-0.15, -0.1) is 0 Å². The molecule has 0 N–H and O–H groups in total. The normalized spacial score (nSPS) is 34.9. The van der Waals surface area contributed by atoms with Gasteiger partial charge in [0.2, 0.25) is 0 Å². The molecule has 0 aromatic carbocycles. The van der Waals surface area contributed by atoms with E-state index < -0.39 is 71.0 Å². The van der Waals surface area contributed by atoms with Crippen molar-refractivity contribution < 1.29 is 42.9 Å². The summed E-state index contributed by atoms with van der Waals surface area (Å²) in [5.74, 6) is -3.53. The number of rotatable bonds is 4. The second kappa shape index (κ2) is 10.1. The van der Waals surface area contributed by atoms with Crippen molar-refractivity contribution in [1.29, 1.82) is 0 Å². The summed E-state index contributed by atoms with van der Waals surface area (Å²) in [4.78, 5) is 62.6. The highest BCUT2D eigenvalue weighted by Gasteiger charge is 2.64. The van der Waals surface area contributed by atoms with Crippen LogP contribution >= 0.6 is 0 Å². The first-order chi connectivity index (χ1) is 17.0. The fourth-order valence-corrected chi connectivity index (χ4v) is 6.94. The number of hydrogen-bond donors (Lipinski definition) is 0. The maximum Gasteiger partial charge on any atom is 0.303 e. The van der Waals surface area contributed by atoms with E-state index in [1.165, 1.54) is 27.7 Å². The van der Waals surface area contributed by atoms with Crippen molar-refractivity contribution in [1.82, 2.24) is 0 Å². The highest BCUT2D eigenvalue weighted by atomic mass is 16.6. The largest absolute Gasteiger partial charge is 0.462 e. The van der Waals surface area contributed by atoms with Crippen LogP contribution in [0.25, 0.3) is 0 Å². The number of hydrogen-bond acceptors (Lipinski definition) is 9. The minimum absolute atomic E-state index is 0.101. The summed E-state index contributed by atoms with van der Waals surface area (Å²) in [5, 5.41) is 0. The monoisotopic (exact) mass is 518 g/mol. The van der Waals surface area contributed by atoms with E-state index in [4.69, 9.17) is 18.9 Å². The molecule has 2 fully saturated rings. The molecule has 0 aliphatic heterocycles. The van der Waals surface area contributed by atoms with Gasteiger partial charge in [0.25, 0.3) is 0 Å². The van der Waals surface area contributed by atoms with Gasteiger partial charge in [0.05, 0.1) is 0 Å². The molecule has 9 nitrogen and oxygen atoms in total. The SMILES string of the molecule is C=C1[C@@H](OC(C)=O)CC[C@@]2(C)[C@@H](OC(C)=O)[C@H](OC(C)=O)C3=C(C)C(=O)C[C@@H]([C@@H](OC(C)=O)[C@H]12)C3(C)C. The number of fused-ring (bicyclic) bond motifs is 3. The molecule has 0 aromatic rings. The lowest BCUT2D eigenvalue weighted by atomic mass is 9.49. The molecule has 37 heavy (non-hydrogen) atoms. The Bertz CT molecular complexity index is 1070. The molecule has 7 atom stereocenters. The van der Waals surface area contributed by atoms with Crippen LogP contribution in [-0.2, 0) is 42.9 Å². The van der Waals surface area contributed by atoms with Gasteiger partial charge in [0.1, 0.15) is 18.3 Å². The van der Waals surface area contributed by atoms with Crippen LogP contribution in [-0.4, -0.2) is 54.1 Å². The van der Waals surface area contributed by atoms with Crippen molar-refractivity contribution in [2.24, 2.45) is 22.7 Å². The minimum atomic E-state index is -1.05. The third-order valence-electron chi connectivity index (χ3n) is 8.45. The highest BCUT2D eigenvalue weighted by molar-refractivity contribution is 5.97. The number of ketones is 1. The van der Waals surface area contributed by atoms with Gasteiger partial charge in [-0.1, -0.05) is 27.4 Å². The lowest BCUT2D eigenvalue weighted by Gasteiger charge is -2.59. The van der Waals surface area contributed by atoms with Crippen LogP contribution in [0.5, 0.6) is 0 Å². The first kappa shape index (κ1) is 28.6. The second-order valence-electron chi connectivity index (χ2n) is 11.3. The van der Waals surface area contributed by atoms with Crippen LogP contribution in [0.3, 0.4) is 0 Å². The molecule has 0 heterocycles. The second-order valence-corrected chi connectivity index (χ2v) is 11.3. The number of allylic oxidation sites excluding steroid dienone is 1. The zero-order valence-corrected chi connectivity index (χ0v) is 23.0. The molecule has 0 unspecified atom stereocenters. The molecule has 0 saturated heterocycles. The molecular formula is C28H38O9. The molecule has 204 valence electrons. The Kier molecular flexibility index (Phi) is 7.78. The molecule has 2 bridgehead atoms. The van der Waals surface area contributed by atoms with Gasteiger partial charge in [-0.05, 0) is 41.9 Å². The van der Waals surface area contributed by atoms with Crippen LogP contribution in [0.1, 0.15) is 74.7 Å². The Morgan fingerprint density at radius 3 is 1.92 bits per heavy atom. The third kappa shape index (κ3) is 5.09. The van der Waals surface area contributed by atoms with Crippen LogP contribution < -0.4 is 0 Å². The standard InChI is InChI=1S/C28H38O9/c1-13-20(33)12-19-24(35-16(4)30)23-14(2)21(34-15(3)29)10-11-28(23,9)26(37-18(6)32)25(36-17(5)31)22(13)27(19,7)8/h19,21,23-26H,2,10-12H2,1,3-9H3/t19-,21-,23-,24+,25+,26-,28+/m0/s1. The topological polar surface area (TPSA) is 122 Å². The number of Topliss-reactive ketones (excluding diaryl/α,β-unsaturated/α-hetero) is 1. The van der Waals surface area contributed by atoms with Crippen LogP contribution in [0, 0.1) is 22.7 Å². The summed E-state index contributed by atoms with van der Waals surface area (Å²) in [6.07, 6.45) is -2.70. The van der Waals surface area contributed by atoms with E-state index in [9.17, 15) is 24.0 Å². The molecule has 0 amide bonds.